The first-order valence-corrected chi connectivity index (χ1v) is 7.04. The van der Waals surface area contributed by atoms with E-state index in [2.05, 4.69) is 15.6 Å². The van der Waals surface area contributed by atoms with E-state index in [0.29, 0.717) is 16.3 Å². The largest absolute Gasteiger partial charge is 0.478 e. The van der Waals surface area contributed by atoms with Gasteiger partial charge in [0.15, 0.2) is 0 Å². The molecule has 0 atom stereocenters. The van der Waals surface area contributed by atoms with E-state index in [1.165, 1.54) is 11.3 Å². The van der Waals surface area contributed by atoms with Crippen molar-refractivity contribution < 1.29 is 14.7 Å². The summed E-state index contributed by atoms with van der Waals surface area (Å²) in [4.78, 5) is 28.1. The quantitative estimate of drug-likeness (QED) is 0.810. The van der Waals surface area contributed by atoms with Crippen LogP contribution in [0.15, 0.2) is 18.3 Å². The van der Waals surface area contributed by atoms with Crippen molar-refractivity contribution in [1.82, 2.24) is 4.98 Å². The normalized spacial score (nSPS) is 10.2. The molecule has 0 aliphatic heterocycles. The van der Waals surface area contributed by atoms with Gasteiger partial charge in [-0.15, -0.1) is 11.3 Å². The summed E-state index contributed by atoms with van der Waals surface area (Å²) in [6.45, 7) is 5.37. The highest BCUT2D eigenvalue weighted by atomic mass is 32.1. The highest BCUT2D eigenvalue weighted by Crippen LogP contribution is 2.32. The van der Waals surface area contributed by atoms with Crippen LogP contribution in [0.2, 0.25) is 0 Å². The van der Waals surface area contributed by atoms with Gasteiger partial charge in [-0.3, -0.25) is 10.3 Å². The van der Waals surface area contributed by atoms with Crippen molar-refractivity contribution in [1.29, 1.82) is 0 Å². The number of aromatic nitrogens is 1. The molecule has 0 saturated carbocycles. The molecule has 2 aromatic heterocycles. The molecule has 110 valence electrons. The number of amides is 2. The third-order valence-electron chi connectivity index (χ3n) is 2.98. The van der Waals surface area contributed by atoms with Crippen molar-refractivity contribution in [2.24, 2.45) is 0 Å². The van der Waals surface area contributed by atoms with E-state index in [1.54, 1.807) is 25.3 Å². The lowest BCUT2D eigenvalue weighted by Gasteiger charge is -2.07. The molecular formula is C14H15N3O3S. The number of thiophene rings is 1. The van der Waals surface area contributed by atoms with E-state index in [-0.39, 0.29) is 5.56 Å². The molecule has 2 heterocycles. The van der Waals surface area contributed by atoms with Gasteiger partial charge in [-0.05, 0) is 38.5 Å². The number of pyridine rings is 1. The van der Waals surface area contributed by atoms with Crippen molar-refractivity contribution in [2.45, 2.75) is 20.8 Å². The second-order valence-corrected chi connectivity index (χ2v) is 5.78. The summed E-state index contributed by atoms with van der Waals surface area (Å²) in [6.07, 6.45) is 1.59. The van der Waals surface area contributed by atoms with Crippen molar-refractivity contribution in [3.05, 3.63) is 40.0 Å². The lowest BCUT2D eigenvalue weighted by atomic mass is 10.1. The first kappa shape index (κ1) is 15.0. The van der Waals surface area contributed by atoms with E-state index >= 15 is 0 Å². The number of aromatic carboxylic acids is 1. The molecule has 0 fully saturated rings. The summed E-state index contributed by atoms with van der Waals surface area (Å²) in [5.74, 6) is -1.05. The molecule has 2 amide bonds. The van der Waals surface area contributed by atoms with Crippen molar-refractivity contribution in [2.75, 3.05) is 10.6 Å². The Morgan fingerprint density at radius 1 is 1.24 bits per heavy atom. The first-order valence-electron chi connectivity index (χ1n) is 6.22. The lowest BCUT2D eigenvalue weighted by Crippen LogP contribution is -2.20. The number of carbonyl (C=O) groups is 2. The number of carboxylic acids is 1. The Bertz CT molecular complexity index is 709. The predicted molar refractivity (Wildman–Crippen MR) is 82.4 cm³/mol. The van der Waals surface area contributed by atoms with Gasteiger partial charge < -0.3 is 10.4 Å². The minimum absolute atomic E-state index is 0.138. The topological polar surface area (TPSA) is 91.3 Å². The fourth-order valence-corrected chi connectivity index (χ4v) is 2.91. The Morgan fingerprint density at radius 3 is 2.57 bits per heavy atom. The number of hydrogen-bond donors (Lipinski definition) is 3. The van der Waals surface area contributed by atoms with Crippen LogP contribution in [0.1, 0.15) is 26.5 Å². The van der Waals surface area contributed by atoms with Crippen molar-refractivity contribution in [3.8, 4) is 0 Å². The molecule has 0 radical (unpaired) electrons. The summed E-state index contributed by atoms with van der Waals surface area (Å²) in [6, 6.07) is 2.91. The predicted octanol–water partition coefficient (Wildman–Crippen LogP) is 3.41. The van der Waals surface area contributed by atoms with Gasteiger partial charge in [-0.1, -0.05) is 0 Å². The van der Waals surface area contributed by atoms with Crippen LogP contribution in [-0.4, -0.2) is 22.1 Å². The van der Waals surface area contributed by atoms with Crippen molar-refractivity contribution in [3.63, 3.8) is 0 Å². The van der Waals surface area contributed by atoms with E-state index in [9.17, 15) is 14.7 Å². The van der Waals surface area contributed by atoms with Crippen LogP contribution in [0.4, 0.5) is 15.5 Å². The molecule has 2 aromatic rings. The fourth-order valence-electron chi connectivity index (χ4n) is 1.86. The smallest absolute Gasteiger partial charge is 0.338 e. The van der Waals surface area contributed by atoms with Gasteiger partial charge in [0.25, 0.3) is 0 Å². The standard InChI is InChI=1S/C14H15N3O3S/c1-7-6-10(4-5-15-7)16-14(20)17-12-11(13(18)19)8(2)9(3)21-12/h4-6H,1-3H3,(H,18,19)(H2,15,16,17,20). The Labute approximate surface area is 125 Å². The maximum absolute atomic E-state index is 12.0. The van der Waals surface area contributed by atoms with Crippen LogP contribution in [0.3, 0.4) is 0 Å². The highest BCUT2D eigenvalue weighted by Gasteiger charge is 2.20. The van der Waals surface area contributed by atoms with Crippen LogP contribution in [0, 0.1) is 20.8 Å². The summed E-state index contributed by atoms with van der Waals surface area (Å²) in [7, 11) is 0. The molecule has 0 unspecified atom stereocenters. The van der Waals surface area contributed by atoms with Gasteiger partial charge >= 0.3 is 12.0 Å². The number of hydrogen-bond acceptors (Lipinski definition) is 4. The Kier molecular flexibility index (Phi) is 4.23. The van der Waals surface area contributed by atoms with Crippen LogP contribution in [0.5, 0.6) is 0 Å². The molecule has 2 rings (SSSR count). The van der Waals surface area contributed by atoms with Crippen LogP contribution in [-0.2, 0) is 0 Å². The molecule has 7 heteroatoms. The number of nitrogens with one attached hydrogen (secondary N) is 2. The van der Waals surface area contributed by atoms with Gasteiger partial charge in [0, 0.05) is 22.5 Å². The Morgan fingerprint density at radius 2 is 1.95 bits per heavy atom. The third kappa shape index (κ3) is 3.38. The van der Waals surface area contributed by atoms with Gasteiger partial charge in [0.1, 0.15) is 5.00 Å². The first-order chi connectivity index (χ1) is 9.88. The number of rotatable bonds is 3. The van der Waals surface area contributed by atoms with E-state index in [1.807, 2.05) is 13.8 Å². The summed E-state index contributed by atoms with van der Waals surface area (Å²) in [5, 5.41) is 14.8. The van der Waals surface area contributed by atoms with E-state index in [4.69, 9.17) is 0 Å². The second-order valence-electron chi connectivity index (χ2n) is 4.56. The zero-order valence-electron chi connectivity index (χ0n) is 11.9. The minimum Gasteiger partial charge on any atom is -0.478 e. The number of aryl methyl sites for hydroxylation is 2. The second kappa shape index (κ2) is 5.92. The zero-order valence-corrected chi connectivity index (χ0v) is 12.7. The maximum Gasteiger partial charge on any atom is 0.338 e. The molecule has 0 aliphatic rings. The average Bonchev–Trinajstić information content (AvgIpc) is 2.64. The maximum atomic E-state index is 12.0. The van der Waals surface area contributed by atoms with E-state index < -0.39 is 12.0 Å². The van der Waals surface area contributed by atoms with E-state index in [0.717, 1.165) is 10.6 Å². The molecule has 21 heavy (non-hydrogen) atoms. The molecule has 0 saturated heterocycles. The molecule has 0 aromatic carbocycles. The highest BCUT2D eigenvalue weighted by molar-refractivity contribution is 7.16. The Balaban J connectivity index is 2.17. The third-order valence-corrected chi connectivity index (χ3v) is 4.10. The van der Waals surface area contributed by atoms with Gasteiger partial charge in [-0.25, -0.2) is 9.59 Å². The van der Waals surface area contributed by atoms with Crippen LogP contribution < -0.4 is 10.6 Å². The van der Waals surface area contributed by atoms with Gasteiger partial charge in [0.05, 0.1) is 5.56 Å². The zero-order chi connectivity index (χ0) is 15.6. The molecule has 0 spiro atoms. The lowest BCUT2D eigenvalue weighted by molar-refractivity contribution is 0.0697. The molecular weight excluding hydrogens is 290 g/mol. The Hall–Kier alpha value is -2.41. The van der Waals surface area contributed by atoms with Crippen LogP contribution in [0.25, 0.3) is 0 Å². The SMILES string of the molecule is Cc1cc(NC(=O)Nc2sc(C)c(C)c2C(=O)O)ccn1. The minimum atomic E-state index is -1.05. The van der Waals surface area contributed by atoms with Gasteiger partial charge in [-0.2, -0.15) is 0 Å². The summed E-state index contributed by atoms with van der Waals surface area (Å²) >= 11 is 1.25. The number of anilines is 2. The average molecular weight is 305 g/mol. The van der Waals surface area contributed by atoms with Crippen LogP contribution >= 0.6 is 11.3 Å². The fraction of sp³-hybridized carbons (Fsp3) is 0.214. The number of nitrogens with zero attached hydrogens (tertiary/aromatic N) is 1. The molecule has 3 N–H and O–H groups in total. The number of carbonyl (C=O) groups excluding carboxylic acids is 1. The molecule has 0 aliphatic carbocycles. The number of carboxylic acid groups (broad SMARTS) is 1. The van der Waals surface area contributed by atoms with Crippen molar-refractivity contribution >= 4 is 34.0 Å². The number of urea groups is 1. The molecule has 6 nitrogen and oxygen atoms in total. The summed E-state index contributed by atoms with van der Waals surface area (Å²) < 4.78 is 0. The summed E-state index contributed by atoms with van der Waals surface area (Å²) in [5.41, 5.74) is 2.19. The monoisotopic (exact) mass is 305 g/mol. The molecule has 0 bridgehead atoms. The van der Waals surface area contributed by atoms with Gasteiger partial charge in [0.2, 0.25) is 0 Å².